The van der Waals surface area contributed by atoms with E-state index >= 15 is 0 Å². The number of aryl methyl sites for hydroxylation is 2. The number of fused-ring (bicyclic) bond motifs is 1. The molecule has 3 rings (SSSR count). The highest BCUT2D eigenvalue weighted by molar-refractivity contribution is 5.92. The van der Waals surface area contributed by atoms with Crippen LogP contribution in [0.15, 0.2) is 66.8 Å². The molecule has 0 aromatic heterocycles. The van der Waals surface area contributed by atoms with Gasteiger partial charge in [0.2, 0.25) is 0 Å². The highest BCUT2D eigenvalue weighted by Gasteiger charge is 2.37. The zero-order valence-electron chi connectivity index (χ0n) is 15.4. The third kappa shape index (κ3) is 2.38. The van der Waals surface area contributed by atoms with Crippen molar-refractivity contribution in [3.05, 3.63) is 89.0 Å². The first kappa shape index (κ1) is 16.5. The summed E-state index contributed by atoms with van der Waals surface area (Å²) in [4.78, 5) is 0. The summed E-state index contributed by atoms with van der Waals surface area (Å²) in [5.41, 5.74) is 10.8. The molecule has 24 heavy (non-hydrogen) atoms. The van der Waals surface area contributed by atoms with Gasteiger partial charge >= 0.3 is 0 Å². The molecule has 1 aliphatic rings. The standard InChI is InChI=1S/C24H26/c1-7-11-19-21-15-20(18-13-10-9-12-16(18)3)17(4)14-23(21)24(5,6)22(19)8-2/h7-15H,1H2,2-6H3/b19-11-,22-8+. The summed E-state index contributed by atoms with van der Waals surface area (Å²) in [6.07, 6.45) is 6.30. The second kappa shape index (κ2) is 5.94. The third-order valence-corrected chi connectivity index (χ3v) is 5.30. The Bertz CT molecular complexity index is 873. The molecule has 0 radical (unpaired) electrons. The Morgan fingerprint density at radius 2 is 1.62 bits per heavy atom. The van der Waals surface area contributed by atoms with Crippen LogP contribution < -0.4 is 0 Å². The van der Waals surface area contributed by atoms with Crippen molar-refractivity contribution in [2.45, 2.75) is 40.0 Å². The van der Waals surface area contributed by atoms with Crippen molar-refractivity contribution in [1.82, 2.24) is 0 Å². The molecule has 0 fully saturated rings. The molecule has 0 nitrogen and oxygen atoms in total. The fourth-order valence-corrected chi connectivity index (χ4v) is 4.05. The summed E-state index contributed by atoms with van der Waals surface area (Å²) in [7, 11) is 0. The van der Waals surface area contributed by atoms with Crippen LogP contribution in [0.5, 0.6) is 0 Å². The average Bonchev–Trinajstić information content (AvgIpc) is 2.74. The second-order valence-corrected chi connectivity index (χ2v) is 7.17. The maximum absolute atomic E-state index is 3.92. The van der Waals surface area contributed by atoms with Crippen molar-refractivity contribution in [2.24, 2.45) is 0 Å². The molecule has 0 amide bonds. The lowest BCUT2D eigenvalue weighted by Gasteiger charge is -2.22. The molecular formula is C24H26. The Balaban J connectivity index is 2.33. The van der Waals surface area contributed by atoms with Crippen LogP contribution in [-0.2, 0) is 5.41 Å². The Labute approximate surface area is 146 Å². The molecule has 122 valence electrons. The van der Waals surface area contributed by atoms with Crippen LogP contribution in [-0.4, -0.2) is 0 Å². The molecule has 1 aliphatic carbocycles. The molecule has 0 saturated carbocycles. The molecule has 0 N–H and O–H groups in total. The van der Waals surface area contributed by atoms with Crippen molar-refractivity contribution in [1.29, 1.82) is 0 Å². The van der Waals surface area contributed by atoms with E-state index in [9.17, 15) is 0 Å². The summed E-state index contributed by atoms with van der Waals surface area (Å²) in [5, 5.41) is 0. The average molecular weight is 314 g/mol. The minimum absolute atomic E-state index is 0.0357. The highest BCUT2D eigenvalue weighted by Crippen LogP contribution is 2.51. The summed E-state index contributed by atoms with van der Waals surface area (Å²) in [6.45, 7) is 15.1. The molecule has 0 unspecified atom stereocenters. The number of allylic oxidation sites excluding steroid dienone is 5. The highest BCUT2D eigenvalue weighted by atomic mass is 14.4. The van der Waals surface area contributed by atoms with Crippen molar-refractivity contribution >= 4 is 5.57 Å². The first-order chi connectivity index (χ1) is 11.4. The Morgan fingerprint density at radius 3 is 2.25 bits per heavy atom. The van der Waals surface area contributed by atoms with Gasteiger partial charge in [-0.25, -0.2) is 0 Å². The van der Waals surface area contributed by atoms with Crippen LogP contribution in [0.2, 0.25) is 0 Å². The van der Waals surface area contributed by atoms with Gasteiger partial charge in [0.15, 0.2) is 0 Å². The fourth-order valence-electron chi connectivity index (χ4n) is 4.05. The fraction of sp³-hybridized carbons (Fsp3) is 0.250. The largest absolute Gasteiger partial charge is 0.0990 e. The van der Waals surface area contributed by atoms with Crippen molar-refractivity contribution in [2.75, 3.05) is 0 Å². The van der Waals surface area contributed by atoms with E-state index in [1.165, 1.54) is 44.5 Å². The first-order valence-electron chi connectivity index (χ1n) is 8.63. The number of benzene rings is 2. The van der Waals surface area contributed by atoms with Gasteiger partial charge < -0.3 is 0 Å². The number of hydrogen-bond donors (Lipinski definition) is 0. The number of rotatable bonds is 2. The van der Waals surface area contributed by atoms with Gasteiger partial charge in [-0.05, 0) is 71.4 Å². The Kier molecular flexibility index (Phi) is 4.09. The Morgan fingerprint density at radius 1 is 0.917 bits per heavy atom. The topological polar surface area (TPSA) is 0 Å². The molecule has 0 heteroatoms. The van der Waals surface area contributed by atoms with Crippen LogP contribution in [0.4, 0.5) is 0 Å². The summed E-state index contributed by atoms with van der Waals surface area (Å²) < 4.78 is 0. The molecular weight excluding hydrogens is 288 g/mol. The van der Waals surface area contributed by atoms with E-state index in [1.54, 1.807) is 0 Å². The number of hydrogen-bond acceptors (Lipinski definition) is 0. The van der Waals surface area contributed by atoms with E-state index in [0.29, 0.717) is 0 Å². The van der Waals surface area contributed by atoms with Crippen LogP contribution in [0.3, 0.4) is 0 Å². The quantitative estimate of drug-likeness (QED) is 0.573. The van der Waals surface area contributed by atoms with Crippen molar-refractivity contribution < 1.29 is 0 Å². The maximum atomic E-state index is 3.92. The first-order valence-corrected chi connectivity index (χ1v) is 8.63. The molecule has 2 aromatic carbocycles. The predicted molar refractivity (Wildman–Crippen MR) is 106 cm³/mol. The zero-order valence-corrected chi connectivity index (χ0v) is 15.4. The predicted octanol–water partition coefficient (Wildman–Crippen LogP) is 6.78. The molecule has 0 saturated heterocycles. The van der Waals surface area contributed by atoms with Gasteiger partial charge in [0, 0.05) is 5.41 Å². The third-order valence-electron chi connectivity index (χ3n) is 5.30. The minimum Gasteiger partial charge on any atom is -0.0990 e. The molecule has 0 spiro atoms. The lowest BCUT2D eigenvalue weighted by atomic mass is 9.81. The minimum atomic E-state index is 0.0357. The second-order valence-electron chi connectivity index (χ2n) is 7.17. The van der Waals surface area contributed by atoms with E-state index in [-0.39, 0.29) is 5.41 Å². The van der Waals surface area contributed by atoms with E-state index < -0.39 is 0 Å². The Hall–Kier alpha value is -2.34. The van der Waals surface area contributed by atoms with Gasteiger partial charge in [0.1, 0.15) is 0 Å². The van der Waals surface area contributed by atoms with E-state index in [0.717, 1.165) is 0 Å². The van der Waals surface area contributed by atoms with Gasteiger partial charge in [0.25, 0.3) is 0 Å². The van der Waals surface area contributed by atoms with Crippen LogP contribution in [0.1, 0.15) is 43.0 Å². The van der Waals surface area contributed by atoms with Crippen molar-refractivity contribution in [3.8, 4) is 11.1 Å². The zero-order chi connectivity index (χ0) is 17.5. The molecule has 0 heterocycles. The van der Waals surface area contributed by atoms with Crippen LogP contribution in [0.25, 0.3) is 16.7 Å². The van der Waals surface area contributed by atoms with Crippen LogP contribution >= 0.6 is 0 Å². The lowest BCUT2D eigenvalue weighted by Crippen LogP contribution is -2.15. The maximum Gasteiger partial charge on any atom is 0.0155 e. The van der Waals surface area contributed by atoms with Gasteiger partial charge in [-0.2, -0.15) is 0 Å². The monoisotopic (exact) mass is 314 g/mol. The summed E-state index contributed by atoms with van der Waals surface area (Å²) >= 11 is 0. The summed E-state index contributed by atoms with van der Waals surface area (Å²) in [6, 6.07) is 13.4. The van der Waals surface area contributed by atoms with Gasteiger partial charge in [-0.15, -0.1) is 0 Å². The molecule has 0 bridgehead atoms. The van der Waals surface area contributed by atoms with Gasteiger partial charge in [-0.3, -0.25) is 0 Å². The van der Waals surface area contributed by atoms with Gasteiger partial charge in [0.05, 0.1) is 0 Å². The van der Waals surface area contributed by atoms with E-state index in [1.807, 2.05) is 6.08 Å². The lowest BCUT2D eigenvalue weighted by molar-refractivity contribution is 0.659. The molecule has 0 atom stereocenters. The van der Waals surface area contributed by atoms with E-state index in [4.69, 9.17) is 0 Å². The van der Waals surface area contributed by atoms with Crippen LogP contribution in [0, 0.1) is 13.8 Å². The van der Waals surface area contributed by atoms with E-state index in [2.05, 4.69) is 89.7 Å². The molecule has 0 aliphatic heterocycles. The van der Waals surface area contributed by atoms with Crippen molar-refractivity contribution in [3.63, 3.8) is 0 Å². The normalized spacial score (nSPS) is 18.9. The summed E-state index contributed by atoms with van der Waals surface area (Å²) in [5.74, 6) is 0. The van der Waals surface area contributed by atoms with Gasteiger partial charge in [-0.1, -0.05) is 69.0 Å². The molecule has 2 aromatic rings. The smallest absolute Gasteiger partial charge is 0.0155 e. The SMILES string of the molecule is C=C/C=C1\C(=C/C)C(C)(C)c2cc(C)c(-c3ccccc3C)cc21.